The zero-order valence-corrected chi connectivity index (χ0v) is 13.8. The second kappa shape index (κ2) is 7.16. The molecule has 0 unspecified atom stereocenters. The van der Waals surface area contributed by atoms with E-state index in [0.29, 0.717) is 11.4 Å². The Hall–Kier alpha value is 0.0400. The number of benzene rings is 1. The van der Waals surface area contributed by atoms with Gasteiger partial charge in [-0.05, 0) is 24.1 Å². The highest BCUT2D eigenvalue weighted by Gasteiger charge is 2.32. The maximum Gasteiger partial charge on any atom is 0.150 e. The molecule has 0 aliphatic heterocycles. The van der Waals surface area contributed by atoms with Crippen molar-refractivity contribution in [2.45, 2.75) is 18.8 Å². The van der Waals surface area contributed by atoms with Crippen LogP contribution in [0.1, 0.15) is 18.9 Å². The van der Waals surface area contributed by atoms with E-state index >= 15 is 0 Å². The molecule has 0 heterocycles. The molecule has 0 amide bonds. The van der Waals surface area contributed by atoms with Crippen LogP contribution in [0.25, 0.3) is 0 Å². The smallest absolute Gasteiger partial charge is 0.150 e. The van der Waals surface area contributed by atoms with E-state index in [4.69, 9.17) is 34.8 Å². The van der Waals surface area contributed by atoms with Crippen LogP contribution in [0, 0.1) is 0 Å². The minimum Gasteiger partial charge on any atom is -0.229 e. The molecule has 0 N–H and O–H groups in total. The highest BCUT2D eigenvalue weighted by Crippen LogP contribution is 2.32. The first-order chi connectivity index (χ1) is 8.89. The van der Waals surface area contributed by atoms with Gasteiger partial charge in [0.25, 0.3) is 0 Å². The normalized spacial score (nSPS) is 12.6. The van der Waals surface area contributed by atoms with Crippen molar-refractivity contribution in [1.29, 1.82) is 0 Å². The van der Waals surface area contributed by atoms with Crippen molar-refractivity contribution in [1.82, 2.24) is 0 Å². The van der Waals surface area contributed by atoms with Gasteiger partial charge in [0, 0.05) is 28.0 Å². The highest BCUT2D eigenvalue weighted by atomic mass is 35.5. The van der Waals surface area contributed by atoms with Gasteiger partial charge < -0.3 is 0 Å². The summed E-state index contributed by atoms with van der Waals surface area (Å²) in [5, 5.41) is 0.628. The van der Waals surface area contributed by atoms with Gasteiger partial charge in [-0.2, -0.15) is 0 Å². The third kappa shape index (κ3) is 4.52. The molecule has 0 radical (unpaired) electrons. The van der Waals surface area contributed by atoms with Gasteiger partial charge in [-0.3, -0.25) is 0 Å². The van der Waals surface area contributed by atoms with Crippen molar-refractivity contribution in [2.75, 3.05) is 23.3 Å². The maximum atomic E-state index is 11.7. The van der Waals surface area contributed by atoms with Crippen LogP contribution < -0.4 is 0 Å². The molecule has 19 heavy (non-hydrogen) atoms. The summed E-state index contributed by atoms with van der Waals surface area (Å²) in [6.07, 6.45) is 0.414. The van der Waals surface area contributed by atoms with E-state index < -0.39 is 15.3 Å². The fourth-order valence-electron chi connectivity index (χ4n) is 1.77. The lowest BCUT2D eigenvalue weighted by molar-refractivity contribution is 0.512. The minimum absolute atomic E-state index is 0.0889. The quantitative estimate of drug-likeness (QED) is 0.704. The molecule has 108 valence electrons. The molecule has 0 aliphatic rings. The molecule has 0 fully saturated rings. The van der Waals surface area contributed by atoms with Crippen molar-refractivity contribution in [3.8, 4) is 0 Å². The van der Waals surface area contributed by atoms with Crippen molar-refractivity contribution >= 4 is 44.6 Å². The van der Waals surface area contributed by atoms with Gasteiger partial charge in [-0.1, -0.05) is 30.7 Å². The lowest BCUT2D eigenvalue weighted by Gasteiger charge is -2.30. The Morgan fingerprint density at radius 3 is 2.05 bits per heavy atom. The Kier molecular flexibility index (Phi) is 6.44. The molecule has 2 nitrogen and oxygen atoms in total. The summed E-state index contributed by atoms with van der Waals surface area (Å²) < 4.78 is 23.3. The third-order valence-corrected chi connectivity index (χ3v) is 6.28. The molecular weight excluding hydrogens is 327 g/mol. The highest BCUT2D eigenvalue weighted by molar-refractivity contribution is 7.91. The first kappa shape index (κ1) is 17.1. The lowest BCUT2D eigenvalue weighted by Crippen LogP contribution is -2.33. The predicted molar refractivity (Wildman–Crippen MR) is 83.5 cm³/mol. The van der Waals surface area contributed by atoms with E-state index in [1.807, 2.05) is 12.1 Å². The van der Waals surface area contributed by atoms with Crippen LogP contribution in [0.4, 0.5) is 0 Å². The van der Waals surface area contributed by atoms with E-state index in [9.17, 15) is 8.42 Å². The van der Waals surface area contributed by atoms with E-state index in [1.54, 1.807) is 19.1 Å². The maximum absolute atomic E-state index is 11.7. The lowest BCUT2D eigenvalue weighted by atomic mass is 9.82. The Morgan fingerprint density at radius 1 is 1.11 bits per heavy atom. The molecule has 6 heteroatoms. The molecule has 1 rings (SSSR count). The fourth-order valence-corrected chi connectivity index (χ4v) is 3.74. The third-order valence-electron chi connectivity index (χ3n) is 3.30. The number of sulfone groups is 1. The van der Waals surface area contributed by atoms with Crippen LogP contribution in [0.2, 0.25) is 5.02 Å². The predicted octanol–water partition coefficient (Wildman–Crippen LogP) is 3.88. The Balaban J connectivity index is 3.00. The molecule has 0 saturated carbocycles. The van der Waals surface area contributed by atoms with Gasteiger partial charge in [0.1, 0.15) is 9.84 Å². The first-order valence-corrected chi connectivity index (χ1v) is 9.24. The van der Waals surface area contributed by atoms with Crippen LogP contribution >= 0.6 is 34.8 Å². The molecule has 1 aromatic rings. The van der Waals surface area contributed by atoms with Crippen LogP contribution in [0.15, 0.2) is 24.3 Å². The van der Waals surface area contributed by atoms with Gasteiger partial charge in [-0.25, -0.2) is 8.42 Å². The molecular formula is C13H17Cl3O2S. The zero-order chi connectivity index (χ0) is 14.5. The summed E-state index contributed by atoms with van der Waals surface area (Å²) in [5.41, 5.74) is 0.392. The number of alkyl halides is 2. The SMILES string of the molecule is CCS(=O)(=O)CCC(CCl)(CCl)c1ccc(Cl)cc1. The Bertz CT molecular complexity index is 493. The van der Waals surface area contributed by atoms with E-state index in [2.05, 4.69) is 0 Å². The summed E-state index contributed by atoms with van der Waals surface area (Å²) >= 11 is 18.0. The van der Waals surface area contributed by atoms with Crippen LogP contribution in [0.5, 0.6) is 0 Å². The van der Waals surface area contributed by atoms with Crippen molar-refractivity contribution in [2.24, 2.45) is 0 Å². The fraction of sp³-hybridized carbons (Fsp3) is 0.538. The van der Waals surface area contributed by atoms with Gasteiger partial charge in [-0.15, -0.1) is 23.2 Å². The van der Waals surface area contributed by atoms with E-state index in [-0.39, 0.29) is 23.3 Å². The van der Waals surface area contributed by atoms with Crippen LogP contribution in [-0.4, -0.2) is 31.7 Å². The average molecular weight is 344 g/mol. The summed E-state index contributed by atoms with van der Waals surface area (Å²) in [4.78, 5) is 0. The van der Waals surface area contributed by atoms with Crippen LogP contribution in [0.3, 0.4) is 0 Å². The topological polar surface area (TPSA) is 34.1 Å². The molecule has 0 bridgehead atoms. The average Bonchev–Trinajstić information content (AvgIpc) is 2.42. The monoisotopic (exact) mass is 342 g/mol. The molecule has 0 saturated heterocycles. The number of hydrogen-bond donors (Lipinski definition) is 0. The van der Waals surface area contributed by atoms with Gasteiger partial charge in [0.05, 0.1) is 5.75 Å². The zero-order valence-electron chi connectivity index (χ0n) is 10.7. The molecule has 0 aliphatic carbocycles. The Morgan fingerprint density at radius 2 is 1.63 bits per heavy atom. The number of hydrogen-bond acceptors (Lipinski definition) is 2. The standard InChI is InChI=1S/C13H17Cl3O2S/c1-2-19(17,18)8-7-13(9-14,10-15)11-3-5-12(16)6-4-11/h3-6H,2,7-10H2,1H3. The summed E-state index contributed by atoms with van der Waals surface area (Å²) in [5.74, 6) is 0.772. The summed E-state index contributed by atoms with van der Waals surface area (Å²) in [6.45, 7) is 1.64. The molecule has 0 spiro atoms. The Labute approximate surface area is 130 Å². The van der Waals surface area contributed by atoms with Gasteiger partial charge >= 0.3 is 0 Å². The van der Waals surface area contributed by atoms with Crippen molar-refractivity contribution < 1.29 is 8.42 Å². The largest absolute Gasteiger partial charge is 0.229 e. The van der Waals surface area contributed by atoms with E-state index in [1.165, 1.54) is 0 Å². The van der Waals surface area contributed by atoms with Crippen molar-refractivity contribution in [3.63, 3.8) is 0 Å². The molecule has 0 atom stereocenters. The van der Waals surface area contributed by atoms with Crippen molar-refractivity contribution in [3.05, 3.63) is 34.9 Å². The van der Waals surface area contributed by atoms with Crippen LogP contribution in [-0.2, 0) is 15.3 Å². The number of rotatable bonds is 7. The number of halogens is 3. The van der Waals surface area contributed by atoms with Gasteiger partial charge in [0.2, 0.25) is 0 Å². The summed E-state index contributed by atoms with van der Waals surface area (Å²) in [6, 6.07) is 7.23. The molecule has 1 aromatic carbocycles. The minimum atomic E-state index is -3.03. The second-order valence-corrected chi connectivity index (χ2v) is 7.98. The van der Waals surface area contributed by atoms with E-state index in [0.717, 1.165) is 5.56 Å². The second-order valence-electron chi connectivity index (χ2n) is 4.54. The first-order valence-electron chi connectivity index (χ1n) is 5.97. The van der Waals surface area contributed by atoms with Gasteiger partial charge in [0.15, 0.2) is 0 Å². The molecule has 0 aromatic heterocycles. The summed E-state index contributed by atoms with van der Waals surface area (Å²) in [7, 11) is -3.03.